The van der Waals surface area contributed by atoms with Crippen LogP contribution in [0.4, 0.5) is 4.79 Å². The fourth-order valence-electron chi connectivity index (χ4n) is 2.64. The maximum atomic E-state index is 12.0. The van der Waals surface area contributed by atoms with E-state index in [0.29, 0.717) is 5.75 Å². The zero-order valence-electron chi connectivity index (χ0n) is 14.9. The highest BCUT2D eigenvalue weighted by molar-refractivity contribution is 5.80. The number of carboxylic acid groups (broad SMARTS) is 1. The Hall–Kier alpha value is -3.10. The number of carboxylic acids is 1. The molecule has 0 saturated carbocycles. The highest BCUT2D eigenvalue weighted by Gasteiger charge is 2.43. The molecule has 0 fully saturated rings. The Kier molecular flexibility index (Phi) is 4.31. The molecule has 0 saturated heterocycles. The van der Waals surface area contributed by atoms with E-state index in [1.165, 1.54) is 0 Å². The SMILES string of the molecule is Cn1cc(-c2cnc3c(c2)OC(NC(=O)OC(C)(C)C)C3C(=O)O)cn1. The van der Waals surface area contributed by atoms with Crippen molar-refractivity contribution in [2.24, 2.45) is 7.05 Å². The molecule has 0 bridgehead atoms. The zero-order chi connectivity index (χ0) is 19.1. The Morgan fingerprint density at radius 2 is 2.04 bits per heavy atom. The number of fused-ring (bicyclic) bond motifs is 1. The molecule has 0 aromatic carbocycles. The number of nitrogens with one attached hydrogen (secondary N) is 1. The lowest BCUT2D eigenvalue weighted by atomic mass is 10.0. The van der Waals surface area contributed by atoms with Crippen LogP contribution in [0.2, 0.25) is 0 Å². The number of carbonyl (C=O) groups excluding carboxylic acids is 1. The van der Waals surface area contributed by atoms with Crippen LogP contribution in [-0.2, 0) is 16.6 Å². The highest BCUT2D eigenvalue weighted by atomic mass is 16.6. The van der Waals surface area contributed by atoms with Crippen LogP contribution in [-0.4, -0.2) is 43.8 Å². The molecule has 2 aromatic heterocycles. The summed E-state index contributed by atoms with van der Waals surface area (Å²) in [7, 11) is 1.79. The van der Waals surface area contributed by atoms with Gasteiger partial charge in [-0.05, 0) is 26.8 Å². The zero-order valence-corrected chi connectivity index (χ0v) is 14.9. The van der Waals surface area contributed by atoms with Crippen LogP contribution < -0.4 is 10.1 Å². The summed E-state index contributed by atoms with van der Waals surface area (Å²) in [6.07, 6.45) is 3.18. The van der Waals surface area contributed by atoms with Crippen molar-refractivity contribution >= 4 is 12.1 Å². The van der Waals surface area contributed by atoms with E-state index in [1.807, 2.05) is 6.20 Å². The fraction of sp³-hybridized carbons (Fsp3) is 0.412. The molecule has 0 radical (unpaired) electrons. The van der Waals surface area contributed by atoms with Gasteiger partial charge in [-0.1, -0.05) is 0 Å². The second-order valence-corrected chi connectivity index (χ2v) is 7.01. The number of hydrogen-bond donors (Lipinski definition) is 2. The maximum absolute atomic E-state index is 12.0. The second-order valence-electron chi connectivity index (χ2n) is 7.01. The largest absolute Gasteiger partial charge is 0.481 e. The summed E-state index contributed by atoms with van der Waals surface area (Å²) < 4.78 is 12.5. The Bertz CT molecular complexity index is 855. The molecule has 2 atom stereocenters. The third-order valence-electron chi connectivity index (χ3n) is 3.70. The van der Waals surface area contributed by atoms with Crippen molar-refractivity contribution in [1.82, 2.24) is 20.1 Å². The summed E-state index contributed by atoms with van der Waals surface area (Å²) >= 11 is 0. The standard InChI is InChI=1S/C17H20N4O5/c1-17(2,3)26-16(24)20-14-12(15(22)23)13-11(25-14)5-9(6-18-13)10-7-19-21(4)8-10/h5-8,12,14H,1-4H3,(H,20,24)(H,22,23). The summed E-state index contributed by atoms with van der Waals surface area (Å²) in [5.41, 5.74) is 1.10. The summed E-state index contributed by atoms with van der Waals surface area (Å²) in [6, 6.07) is 1.69. The van der Waals surface area contributed by atoms with Gasteiger partial charge in [0.2, 0.25) is 0 Å². The number of amides is 1. The van der Waals surface area contributed by atoms with Crippen LogP contribution in [0.15, 0.2) is 24.7 Å². The Balaban J connectivity index is 1.85. The topological polar surface area (TPSA) is 116 Å². The number of rotatable bonds is 3. The van der Waals surface area contributed by atoms with Crippen LogP contribution in [0.3, 0.4) is 0 Å². The molecule has 2 N–H and O–H groups in total. The first-order valence-corrected chi connectivity index (χ1v) is 8.02. The van der Waals surface area contributed by atoms with Gasteiger partial charge in [-0.25, -0.2) is 4.79 Å². The number of nitrogens with zero attached hydrogens (tertiary/aromatic N) is 3. The van der Waals surface area contributed by atoms with Gasteiger partial charge >= 0.3 is 12.1 Å². The van der Waals surface area contributed by atoms with Gasteiger partial charge in [-0.15, -0.1) is 0 Å². The van der Waals surface area contributed by atoms with Crippen molar-refractivity contribution in [2.75, 3.05) is 0 Å². The monoisotopic (exact) mass is 360 g/mol. The lowest BCUT2D eigenvalue weighted by Crippen LogP contribution is -2.45. The molecule has 138 valence electrons. The molecule has 9 heteroatoms. The van der Waals surface area contributed by atoms with E-state index in [9.17, 15) is 14.7 Å². The van der Waals surface area contributed by atoms with Crippen molar-refractivity contribution in [2.45, 2.75) is 38.5 Å². The van der Waals surface area contributed by atoms with Gasteiger partial charge in [-0.3, -0.25) is 19.8 Å². The first-order chi connectivity index (χ1) is 12.1. The summed E-state index contributed by atoms with van der Waals surface area (Å²) in [6.45, 7) is 5.15. The van der Waals surface area contributed by atoms with Crippen molar-refractivity contribution in [1.29, 1.82) is 0 Å². The normalized spacial score (nSPS) is 18.8. The predicted octanol–water partition coefficient (Wildman–Crippen LogP) is 1.89. The molecule has 1 aliphatic heterocycles. The smallest absolute Gasteiger partial charge is 0.410 e. The van der Waals surface area contributed by atoms with E-state index in [4.69, 9.17) is 9.47 Å². The van der Waals surface area contributed by atoms with Crippen LogP contribution in [0, 0.1) is 0 Å². The number of ether oxygens (including phenoxy) is 2. The van der Waals surface area contributed by atoms with Gasteiger partial charge in [0.25, 0.3) is 0 Å². The number of pyridine rings is 1. The Morgan fingerprint density at radius 1 is 1.31 bits per heavy atom. The summed E-state index contributed by atoms with van der Waals surface area (Å²) in [4.78, 5) is 27.9. The Morgan fingerprint density at radius 3 is 2.62 bits per heavy atom. The van der Waals surface area contributed by atoms with E-state index in [2.05, 4.69) is 15.4 Å². The number of aromatic nitrogens is 3. The molecule has 1 amide bonds. The van der Waals surface area contributed by atoms with Crippen LogP contribution in [0.5, 0.6) is 5.75 Å². The third kappa shape index (κ3) is 3.61. The van der Waals surface area contributed by atoms with Gasteiger partial charge in [0.15, 0.2) is 12.1 Å². The number of hydrogen-bond acceptors (Lipinski definition) is 6. The lowest BCUT2D eigenvalue weighted by molar-refractivity contribution is -0.140. The van der Waals surface area contributed by atoms with Crippen molar-refractivity contribution in [3.8, 4) is 16.9 Å². The molecule has 3 rings (SSSR count). The number of aliphatic carboxylic acids is 1. The Labute approximate surface area is 149 Å². The first-order valence-electron chi connectivity index (χ1n) is 8.02. The molecule has 26 heavy (non-hydrogen) atoms. The molecular formula is C17H20N4O5. The maximum Gasteiger partial charge on any atom is 0.410 e. The average molecular weight is 360 g/mol. The molecule has 1 aliphatic rings. The van der Waals surface area contributed by atoms with E-state index < -0.39 is 29.8 Å². The minimum absolute atomic E-state index is 0.256. The summed E-state index contributed by atoms with van der Waals surface area (Å²) in [5, 5.41) is 16.1. The predicted molar refractivity (Wildman–Crippen MR) is 90.6 cm³/mol. The average Bonchev–Trinajstić information content (AvgIpc) is 3.07. The van der Waals surface area contributed by atoms with E-state index in [0.717, 1.165) is 11.1 Å². The van der Waals surface area contributed by atoms with E-state index in [1.54, 1.807) is 51.0 Å². The van der Waals surface area contributed by atoms with E-state index in [-0.39, 0.29) is 5.69 Å². The van der Waals surface area contributed by atoms with Gasteiger partial charge in [0.05, 0.1) is 6.20 Å². The molecule has 2 unspecified atom stereocenters. The third-order valence-corrected chi connectivity index (χ3v) is 3.70. The highest BCUT2D eigenvalue weighted by Crippen LogP contribution is 2.38. The number of alkyl carbamates (subject to hydrolysis) is 1. The fourth-order valence-corrected chi connectivity index (χ4v) is 2.64. The van der Waals surface area contributed by atoms with Crippen molar-refractivity contribution < 1.29 is 24.2 Å². The number of aryl methyl sites for hydroxylation is 1. The second kappa shape index (κ2) is 6.32. The quantitative estimate of drug-likeness (QED) is 0.859. The lowest BCUT2D eigenvalue weighted by Gasteiger charge is -2.22. The molecular weight excluding hydrogens is 340 g/mol. The number of carbonyl (C=O) groups is 2. The molecule has 9 nitrogen and oxygen atoms in total. The van der Waals surface area contributed by atoms with Gasteiger partial charge in [0.1, 0.15) is 17.0 Å². The molecule has 3 heterocycles. The van der Waals surface area contributed by atoms with Gasteiger partial charge < -0.3 is 14.6 Å². The molecule has 0 spiro atoms. The van der Waals surface area contributed by atoms with Gasteiger partial charge in [0, 0.05) is 30.6 Å². The van der Waals surface area contributed by atoms with Crippen molar-refractivity contribution in [3.05, 3.63) is 30.4 Å². The minimum atomic E-state index is -1.15. The molecule has 0 aliphatic carbocycles. The van der Waals surface area contributed by atoms with Crippen LogP contribution in [0.25, 0.3) is 11.1 Å². The minimum Gasteiger partial charge on any atom is -0.481 e. The van der Waals surface area contributed by atoms with E-state index >= 15 is 0 Å². The first kappa shape index (κ1) is 17.7. The molecule has 2 aromatic rings. The van der Waals surface area contributed by atoms with Crippen molar-refractivity contribution in [3.63, 3.8) is 0 Å². The van der Waals surface area contributed by atoms with Crippen LogP contribution in [0.1, 0.15) is 32.4 Å². The summed E-state index contributed by atoms with van der Waals surface area (Å²) in [5.74, 6) is -1.97. The van der Waals surface area contributed by atoms with Crippen LogP contribution >= 0.6 is 0 Å². The van der Waals surface area contributed by atoms with Gasteiger partial charge in [-0.2, -0.15) is 5.10 Å².